The van der Waals surface area contributed by atoms with Crippen LogP contribution in [0.1, 0.15) is 19.8 Å². The third-order valence-corrected chi connectivity index (χ3v) is 1.29. The van der Waals surface area contributed by atoms with Gasteiger partial charge in [0.1, 0.15) is 0 Å². The molecule has 0 heterocycles. The number of carboxylic acid groups (broad SMARTS) is 1. The second-order valence-electron chi connectivity index (χ2n) is 1.97. The van der Waals surface area contributed by atoms with Gasteiger partial charge >= 0.3 is 5.97 Å². The molecule has 0 saturated heterocycles. The Morgan fingerprint density at radius 2 is 2.44 bits per heavy atom. The van der Waals surface area contributed by atoms with Gasteiger partial charge in [0.05, 0.1) is 5.92 Å². The van der Waals surface area contributed by atoms with Crippen LogP contribution in [-0.4, -0.2) is 11.1 Å². The summed E-state index contributed by atoms with van der Waals surface area (Å²) >= 11 is 0. The molecular formula is C7H12O2. The number of rotatable bonds is 4. The van der Waals surface area contributed by atoms with E-state index in [0.29, 0.717) is 12.8 Å². The largest absolute Gasteiger partial charge is 0.481 e. The first-order valence-electron chi connectivity index (χ1n) is 3.06. The molecule has 2 heteroatoms. The maximum Gasteiger partial charge on any atom is 0.306 e. The fourth-order valence-electron chi connectivity index (χ4n) is 0.643. The first-order chi connectivity index (χ1) is 4.22. The SMILES string of the molecule is C=CC[C@@H](CC)C(=O)O. The van der Waals surface area contributed by atoms with Gasteiger partial charge in [-0.1, -0.05) is 13.0 Å². The first kappa shape index (κ1) is 8.21. The molecule has 0 aliphatic heterocycles. The van der Waals surface area contributed by atoms with Crippen LogP contribution in [0.4, 0.5) is 0 Å². The Morgan fingerprint density at radius 1 is 1.89 bits per heavy atom. The molecule has 0 radical (unpaired) electrons. The maximum atomic E-state index is 10.3. The number of carbonyl (C=O) groups is 1. The molecule has 9 heavy (non-hydrogen) atoms. The Morgan fingerprint density at radius 3 is 2.56 bits per heavy atom. The standard InChI is InChI=1S/C7H12O2/c1-3-5-6(4-2)7(8)9/h3,6H,1,4-5H2,2H3,(H,8,9)/t6-/m1/s1. The number of hydrogen-bond donors (Lipinski definition) is 1. The van der Waals surface area contributed by atoms with Gasteiger partial charge in [0, 0.05) is 0 Å². The molecule has 1 N–H and O–H groups in total. The van der Waals surface area contributed by atoms with Gasteiger partial charge in [-0.15, -0.1) is 6.58 Å². The highest BCUT2D eigenvalue weighted by atomic mass is 16.4. The van der Waals surface area contributed by atoms with E-state index in [4.69, 9.17) is 5.11 Å². The van der Waals surface area contributed by atoms with Gasteiger partial charge in [-0.3, -0.25) is 4.79 Å². The predicted molar refractivity (Wildman–Crippen MR) is 36.2 cm³/mol. The van der Waals surface area contributed by atoms with Crippen molar-refractivity contribution in [1.82, 2.24) is 0 Å². The molecule has 1 atom stereocenters. The van der Waals surface area contributed by atoms with E-state index in [1.165, 1.54) is 0 Å². The lowest BCUT2D eigenvalue weighted by Gasteiger charge is -2.03. The van der Waals surface area contributed by atoms with E-state index in [1.54, 1.807) is 6.08 Å². The van der Waals surface area contributed by atoms with E-state index in [9.17, 15) is 4.79 Å². The van der Waals surface area contributed by atoms with Crippen LogP contribution in [0, 0.1) is 5.92 Å². The average molecular weight is 128 g/mol. The van der Waals surface area contributed by atoms with Crippen molar-refractivity contribution in [2.75, 3.05) is 0 Å². The lowest BCUT2D eigenvalue weighted by Crippen LogP contribution is -2.10. The molecule has 0 amide bonds. The Balaban J connectivity index is 3.67. The van der Waals surface area contributed by atoms with Crippen LogP contribution >= 0.6 is 0 Å². The molecule has 0 aromatic heterocycles. The monoisotopic (exact) mass is 128 g/mol. The first-order valence-corrected chi connectivity index (χ1v) is 3.06. The van der Waals surface area contributed by atoms with Crippen LogP contribution in [0.2, 0.25) is 0 Å². The Hall–Kier alpha value is -0.790. The number of hydrogen-bond acceptors (Lipinski definition) is 1. The summed E-state index contributed by atoms with van der Waals surface area (Å²) in [6.07, 6.45) is 2.90. The number of aliphatic carboxylic acids is 1. The summed E-state index contributed by atoms with van der Waals surface area (Å²) in [6.45, 7) is 5.33. The lowest BCUT2D eigenvalue weighted by atomic mass is 10.0. The molecular weight excluding hydrogens is 116 g/mol. The van der Waals surface area contributed by atoms with Gasteiger partial charge in [-0.05, 0) is 12.8 Å². The average Bonchev–Trinajstić information content (AvgIpc) is 1.82. The van der Waals surface area contributed by atoms with Crippen LogP contribution in [0.5, 0.6) is 0 Å². The fraction of sp³-hybridized carbons (Fsp3) is 0.571. The van der Waals surface area contributed by atoms with Crippen LogP contribution < -0.4 is 0 Å². The zero-order valence-corrected chi connectivity index (χ0v) is 5.63. The molecule has 0 unspecified atom stereocenters. The molecule has 52 valence electrons. The van der Waals surface area contributed by atoms with E-state index < -0.39 is 5.97 Å². The van der Waals surface area contributed by atoms with Crippen LogP contribution in [0.3, 0.4) is 0 Å². The highest BCUT2D eigenvalue weighted by molar-refractivity contribution is 5.70. The number of allylic oxidation sites excluding steroid dienone is 1. The molecule has 0 spiro atoms. The van der Waals surface area contributed by atoms with Crippen molar-refractivity contribution in [3.05, 3.63) is 12.7 Å². The third-order valence-electron chi connectivity index (χ3n) is 1.29. The molecule has 2 nitrogen and oxygen atoms in total. The summed E-state index contributed by atoms with van der Waals surface area (Å²) in [7, 11) is 0. The molecule has 0 rings (SSSR count). The minimum atomic E-state index is -0.725. The summed E-state index contributed by atoms with van der Waals surface area (Å²) in [4.78, 5) is 10.3. The van der Waals surface area contributed by atoms with Gasteiger partial charge in [0.15, 0.2) is 0 Å². The van der Waals surface area contributed by atoms with Crippen molar-refractivity contribution < 1.29 is 9.90 Å². The van der Waals surface area contributed by atoms with Gasteiger partial charge in [0.25, 0.3) is 0 Å². The van der Waals surface area contributed by atoms with Crippen LogP contribution in [0.15, 0.2) is 12.7 Å². The van der Waals surface area contributed by atoms with Crippen molar-refractivity contribution in [3.8, 4) is 0 Å². The van der Waals surface area contributed by atoms with E-state index in [1.807, 2.05) is 6.92 Å². The Bertz CT molecular complexity index is 107. The fourth-order valence-corrected chi connectivity index (χ4v) is 0.643. The molecule has 0 aliphatic rings. The highest BCUT2D eigenvalue weighted by Crippen LogP contribution is 2.07. The van der Waals surface area contributed by atoms with Gasteiger partial charge < -0.3 is 5.11 Å². The van der Waals surface area contributed by atoms with E-state index in [2.05, 4.69) is 6.58 Å². The summed E-state index contributed by atoms with van der Waals surface area (Å²) in [5.41, 5.74) is 0. The second kappa shape index (κ2) is 4.13. The maximum absolute atomic E-state index is 10.3. The zero-order chi connectivity index (χ0) is 7.28. The van der Waals surface area contributed by atoms with Crippen molar-refractivity contribution in [1.29, 1.82) is 0 Å². The summed E-state index contributed by atoms with van der Waals surface area (Å²) in [6, 6.07) is 0. The third kappa shape index (κ3) is 2.90. The quantitative estimate of drug-likeness (QED) is 0.585. The summed E-state index contributed by atoms with van der Waals surface area (Å²) < 4.78 is 0. The summed E-state index contributed by atoms with van der Waals surface area (Å²) in [5.74, 6) is -0.958. The van der Waals surface area contributed by atoms with Crippen molar-refractivity contribution in [2.45, 2.75) is 19.8 Å². The Labute approximate surface area is 55.2 Å². The predicted octanol–water partition coefficient (Wildman–Crippen LogP) is 1.67. The van der Waals surface area contributed by atoms with E-state index in [-0.39, 0.29) is 5.92 Å². The molecule has 0 bridgehead atoms. The number of carboxylic acids is 1. The van der Waals surface area contributed by atoms with Crippen molar-refractivity contribution in [3.63, 3.8) is 0 Å². The second-order valence-corrected chi connectivity index (χ2v) is 1.97. The van der Waals surface area contributed by atoms with Crippen LogP contribution in [-0.2, 0) is 4.79 Å². The molecule has 0 aromatic carbocycles. The minimum absolute atomic E-state index is 0.234. The van der Waals surface area contributed by atoms with Crippen molar-refractivity contribution >= 4 is 5.97 Å². The van der Waals surface area contributed by atoms with Gasteiger partial charge in [-0.25, -0.2) is 0 Å². The normalized spacial score (nSPS) is 12.6. The smallest absolute Gasteiger partial charge is 0.306 e. The topological polar surface area (TPSA) is 37.3 Å². The summed E-state index contributed by atoms with van der Waals surface area (Å²) in [5, 5.41) is 8.46. The van der Waals surface area contributed by atoms with Crippen molar-refractivity contribution in [2.24, 2.45) is 5.92 Å². The lowest BCUT2D eigenvalue weighted by molar-refractivity contribution is -0.141. The van der Waals surface area contributed by atoms with Gasteiger partial charge in [-0.2, -0.15) is 0 Å². The zero-order valence-electron chi connectivity index (χ0n) is 5.63. The van der Waals surface area contributed by atoms with E-state index in [0.717, 1.165) is 0 Å². The molecule has 0 saturated carbocycles. The molecule has 0 fully saturated rings. The van der Waals surface area contributed by atoms with E-state index >= 15 is 0 Å². The minimum Gasteiger partial charge on any atom is -0.481 e. The van der Waals surface area contributed by atoms with Gasteiger partial charge in [0.2, 0.25) is 0 Å². The highest BCUT2D eigenvalue weighted by Gasteiger charge is 2.11. The van der Waals surface area contributed by atoms with Crippen LogP contribution in [0.25, 0.3) is 0 Å². The molecule has 0 aromatic rings. The Kier molecular flexibility index (Phi) is 3.76. The molecule has 0 aliphatic carbocycles.